The molecule has 0 saturated heterocycles. The number of thiazole rings is 1. The number of hydrogen-bond donors (Lipinski definition) is 1. The highest BCUT2D eigenvalue weighted by atomic mass is 32.1. The van der Waals surface area contributed by atoms with Crippen molar-refractivity contribution in [2.75, 3.05) is 5.32 Å². The quantitative estimate of drug-likeness (QED) is 0.543. The van der Waals surface area contributed by atoms with Crippen molar-refractivity contribution in [1.82, 2.24) is 15.0 Å². The molecule has 0 fully saturated rings. The molecule has 0 bridgehead atoms. The molecule has 0 saturated carbocycles. The Labute approximate surface area is 149 Å². The standard InChI is InChI=1S/C19H18N4OS/c1-12(2)14-3-4-17-16(9-14)23-19(24-17)21-10-15-11-25-18(22-15)13-5-7-20-8-6-13/h3-9,11-12H,10H2,1-2H3,(H,21,23). The fourth-order valence-electron chi connectivity index (χ4n) is 2.56. The van der Waals surface area contributed by atoms with E-state index in [1.54, 1.807) is 23.7 Å². The zero-order chi connectivity index (χ0) is 17.2. The third-order valence-electron chi connectivity index (χ3n) is 3.98. The second-order valence-electron chi connectivity index (χ2n) is 6.13. The van der Waals surface area contributed by atoms with Crippen LogP contribution < -0.4 is 5.32 Å². The van der Waals surface area contributed by atoms with Gasteiger partial charge < -0.3 is 9.73 Å². The van der Waals surface area contributed by atoms with Gasteiger partial charge in [-0.3, -0.25) is 4.98 Å². The molecular weight excluding hydrogens is 332 g/mol. The molecule has 4 aromatic rings. The van der Waals surface area contributed by atoms with Gasteiger partial charge in [-0.1, -0.05) is 19.9 Å². The Morgan fingerprint density at radius 2 is 1.96 bits per heavy atom. The van der Waals surface area contributed by atoms with Crippen LogP contribution in [0.2, 0.25) is 0 Å². The Kier molecular flexibility index (Phi) is 4.19. The monoisotopic (exact) mass is 350 g/mol. The van der Waals surface area contributed by atoms with Crippen LogP contribution in [0.25, 0.3) is 21.7 Å². The van der Waals surface area contributed by atoms with E-state index in [0.717, 1.165) is 27.4 Å². The van der Waals surface area contributed by atoms with Crippen molar-refractivity contribution in [2.24, 2.45) is 0 Å². The van der Waals surface area contributed by atoms with Gasteiger partial charge in [0.25, 0.3) is 6.01 Å². The molecule has 0 unspecified atom stereocenters. The summed E-state index contributed by atoms with van der Waals surface area (Å²) in [6.07, 6.45) is 3.55. The Morgan fingerprint density at radius 3 is 2.76 bits per heavy atom. The lowest BCUT2D eigenvalue weighted by Crippen LogP contribution is -1.99. The van der Waals surface area contributed by atoms with Crippen molar-refractivity contribution in [3.8, 4) is 10.6 Å². The topological polar surface area (TPSA) is 63.8 Å². The summed E-state index contributed by atoms with van der Waals surface area (Å²) in [5, 5.41) is 6.25. The van der Waals surface area contributed by atoms with Gasteiger partial charge in [0.2, 0.25) is 0 Å². The van der Waals surface area contributed by atoms with Crippen LogP contribution in [0.5, 0.6) is 0 Å². The third-order valence-corrected chi connectivity index (χ3v) is 4.92. The molecule has 1 aromatic carbocycles. The summed E-state index contributed by atoms with van der Waals surface area (Å²) >= 11 is 1.62. The number of pyridine rings is 1. The van der Waals surface area contributed by atoms with Crippen molar-refractivity contribution in [1.29, 1.82) is 0 Å². The first-order chi connectivity index (χ1) is 12.2. The maximum atomic E-state index is 5.76. The third kappa shape index (κ3) is 3.39. The summed E-state index contributed by atoms with van der Waals surface area (Å²) in [4.78, 5) is 13.2. The number of hydrogen-bond acceptors (Lipinski definition) is 6. The van der Waals surface area contributed by atoms with Gasteiger partial charge in [-0.2, -0.15) is 4.98 Å². The summed E-state index contributed by atoms with van der Waals surface area (Å²) < 4.78 is 5.76. The van der Waals surface area contributed by atoms with E-state index >= 15 is 0 Å². The predicted molar refractivity (Wildman–Crippen MR) is 101 cm³/mol. The van der Waals surface area contributed by atoms with Crippen LogP contribution in [-0.4, -0.2) is 15.0 Å². The van der Waals surface area contributed by atoms with E-state index in [1.165, 1.54) is 5.56 Å². The predicted octanol–water partition coefficient (Wildman–Crippen LogP) is 5.08. The van der Waals surface area contributed by atoms with Crippen molar-refractivity contribution < 1.29 is 4.42 Å². The highest BCUT2D eigenvalue weighted by Crippen LogP contribution is 2.25. The van der Waals surface area contributed by atoms with Gasteiger partial charge in [0, 0.05) is 23.3 Å². The number of benzene rings is 1. The molecule has 4 rings (SSSR count). The fraction of sp³-hybridized carbons (Fsp3) is 0.211. The molecule has 0 aliphatic rings. The van der Waals surface area contributed by atoms with E-state index in [-0.39, 0.29) is 0 Å². The lowest BCUT2D eigenvalue weighted by Gasteiger charge is -2.02. The Bertz CT molecular complexity index is 991. The van der Waals surface area contributed by atoms with Crippen molar-refractivity contribution in [3.63, 3.8) is 0 Å². The number of oxazole rings is 1. The molecule has 3 heterocycles. The lowest BCUT2D eigenvalue weighted by atomic mass is 10.0. The lowest BCUT2D eigenvalue weighted by molar-refractivity contribution is 0.614. The van der Waals surface area contributed by atoms with Gasteiger partial charge in [-0.15, -0.1) is 11.3 Å². The molecule has 0 atom stereocenters. The van der Waals surface area contributed by atoms with Crippen LogP contribution >= 0.6 is 11.3 Å². The number of anilines is 1. The Morgan fingerprint density at radius 1 is 1.12 bits per heavy atom. The maximum Gasteiger partial charge on any atom is 0.296 e. The first kappa shape index (κ1) is 15.8. The highest BCUT2D eigenvalue weighted by Gasteiger charge is 2.09. The van der Waals surface area contributed by atoms with E-state index < -0.39 is 0 Å². The Balaban J connectivity index is 1.48. The molecule has 3 aromatic heterocycles. The zero-order valence-electron chi connectivity index (χ0n) is 14.1. The minimum Gasteiger partial charge on any atom is -0.424 e. The minimum atomic E-state index is 0.471. The molecule has 0 aliphatic heterocycles. The van der Waals surface area contributed by atoms with E-state index in [4.69, 9.17) is 4.42 Å². The summed E-state index contributed by atoms with van der Waals surface area (Å²) in [6, 6.07) is 10.6. The van der Waals surface area contributed by atoms with Gasteiger partial charge in [0.05, 0.1) is 12.2 Å². The van der Waals surface area contributed by atoms with Crippen molar-refractivity contribution >= 4 is 28.5 Å². The van der Waals surface area contributed by atoms with Gasteiger partial charge in [-0.05, 0) is 35.7 Å². The first-order valence-corrected chi connectivity index (χ1v) is 9.06. The number of fused-ring (bicyclic) bond motifs is 1. The average Bonchev–Trinajstić information content (AvgIpc) is 3.26. The molecular formula is C19H18N4OS. The number of aromatic nitrogens is 3. The zero-order valence-corrected chi connectivity index (χ0v) is 14.9. The van der Waals surface area contributed by atoms with Crippen LogP contribution in [0, 0.1) is 0 Å². The average molecular weight is 350 g/mol. The van der Waals surface area contributed by atoms with Crippen LogP contribution in [0.3, 0.4) is 0 Å². The Hall–Kier alpha value is -2.73. The second-order valence-corrected chi connectivity index (χ2v) is 6.99. The molecule has 0 radical (unpaired) electrons. The summed E-state index contributed by atoms with van der Waals surface area (Å²) in [5.74, 6) is 0.471. The maximum absolute atomic E-state index is 5.76. The van der Waals surface area contributed by atoms with Crippen LogP contribution in [0.15, 0.2) is 52.5 Å². The van der Waals surface area contributed by atoms with Crippen LogP contribution in [-0.2, 0) is 6.54 Å². The highest BCUT2D eigenvalue weighted by molar-refractivity contribution is 7.13. The van der Waals surface area contributed by atoms with Crippen molar-refractivity contribution in [3.05, 3.63) is 59.4 Å². The fourth-order valence-corrected chi connectivity index (χ4v) is 3.39. The SMILES string of the molecule is CC(C)c1ccc2oc(NCc3csc(-c4ccncc4)n3)nc2c1. The summed E-state index contributed by atoms with van der Waals surface area (Å²) in [6.45, 7) is 4.91. The van der Waals surface area contributed by atoms with E-state index in [9.17, 15) is 0 Å². The molecule has 1 N–H and O–H groups in total. The largest absolute Gasteiger partial charge is 0.424 e. The first-order valence-electron chi connectivity index (χ1n) is 8.18. The summed E-state index contributed by atoms with van der Waals surface area (Å²) in [7, 11) is 0. The summed E-state index contributed by atoms with van der Waals surface area (Å²) in [5.41, 5.74) is 4.97. The van der Waals surface area contributed by atoms with Gasteiger partial charge in [0.1, 0.15) is 10.5 Å². The second kappa shape index (κ2) is 6.64. The van der Waals surface area contributed by atoms with Gasteiger partial charge in [-0.25, -0.2) is 4.98 Å². The number of nitrogens with one attached hydrogen (secondary N) is 1. The minimum absolute atomic E-state index is 0.471. The molecule has 0 spiro atoms. The van der Waals surface area contributed by atoms with Crippen LogP contribution in [0.1, 0.15) is 31.0 Å². The van der Waals surface area contributed by atoms with Crippen molar-refractivity contribution in [2.45, 2.75) is 26.3 Å². The smallest absolute Gasteiger partial charge is 0.296 e. The van der Waals surface area contributed by atoms with E-state index in [0.29, 0.717) is 18.5 Å². The number of rotatable bonds is 5. The van der Waals surface area contributed by atoms with E-state index in [2.05, 4.69) is 46.2 Å². The molecule has 5 nitrogen and oxygen atoms in total. The van der Waals surface area contributed by atoms with Crippen LogP contribution in [0.4, 0.5) is 6.01 Å². The molecule has 0 aliphatic carbocycles. The van der Waals surface area contributed by atoms with E-state index in [1.807, 2.05) is 23.6 Å². The van der Waals surface area contributed by atoms with Gasteiger partial charge >= 0.3 is 0 Å². The number of nitrogens with zero attached hydrogens (tertiary/aromatic N) is 3. The van der Waals surface area contributed by atoms with Gasteiger partial charge in [0.15, 0.2) is 5.58 Å². The molecule has 126 valence electrons. The normalized spacial score (nSPS) is 11.3. The molecule has 6 heteroatoms. The molecule has 0 amide bonds. The molecule has 25 heavy (non-hydrogen) atoms.